The van der Waals surface area contributed by atoms with Crippen molar-refractivity contribution in [2.45, 2.75) is 38.9 Å². The van der Waals surface area contributed by atoms with Crippen LogP contribution in [0.4, 0.5) is 13.2 Å². The Morgan fingerprint density at radius 3 is 2.38 bits per heavy atom. The van der Waals surface area contributed by atoms with Crippen molar-refractivity contribution in [1.82, 2.24) is 5.01 Å². The molecule has 1 amide bonds. The molecule has 1 aliphatic carbocycles. The Balaban J connectivity index is 2.21. The molecule has 0 aromatic carbocycles. The number of hydrogen-bond acceptors (Lipinski definition) is 2. The molecule has 1 aliphatic heterocycles. The number of alkyl halides is 3. The number of rotatable bonds is 2. The predicted molar refractivity (Wildman–Crippen MR) is 51.7 cm³/mol. The zero-order valence-corrected chi connectivity index (χ0v) is 9.08. The number of amides is 1. The minimum atomic E-state index is -4.51. The van der Waals surface area contributed by atoms with Gasteiger partial charge >= 0.3 is 6.18 Å². The maximum absolute atomic E-state index is 12.5. The molecular formula is C10H13F3N2O. The van der Waals surface area contributed by atoms with Crippen LogP contribution in [0.5, 0.6) is 0 Å². The molecule has 2 unspecified atom stereocenters. The largest absolute Gasteiger partial charge is 0.431 e. The standard InChI is InChI=1S/C10H13F3N2O/c1-5-8(10(11,12)13)14-15(9(5)16)6(2)7-3-4-7/h5-7H,3-4H2,1-2H3. The van der Waals surface area contributed by atoms with Gasteiger partial charge in [0, 0.05) is 0 Å². The maximum Gasteiger partial charge on any atom is 0.431 e. The van der Waals surface area contributed by atoms with Crippen LogP contribution in [0.15, 0.2) is 5.10 Å². The lowest BCUT2D eigenvalue weighted by Gasteiger charge is -2.20. The van der Waals surface area contributed by atoms with Gasteiger partial charge in [-0.25, -0.2) is 5.01 Å². The SMILES string of the molecule is CC1C(=O)N(C(C)C2CC2)N=C1C(F)(F)F. The molecule has 1 heterocycles. The zero-order valence-electron chi connectivity index (χ0n) is 9.08. The van der Waals surface area contributed by atoms with Gasteiger partial charge in [-0.3, -0.25) is 4.79 Å². The van der Waals surface area contributed by atoms with E-state index in [2.05, 4.69) is 5.10 Å². The molecule has 2 rings (SSSR count). The first kappa shape index (κ1) is 11.4. The molecule has 2 atom stereocenters. The summed E-state index contributed by atoms with van der Waals surface area (Å²) >= 11 is 0. The predicted octanol–water partition coefficient (Wildman–Crippen LogP) is 2.18. The van der Waals surface area contributed by atoms with E-state index < -0.39 is 23.7 Å². The van der Waals surface area contributed by atoms with E-state index in [-0.39, 0.29) is 6.04 Å². The van der Waals surface area contributed by atoms with Crippen molar-refractivity contribution in [3.05, 3.63) is 0 Å². The normalized spacial score (nSPS) is 28.3. The second kappa shape index (κ2) is 3.46. The molecule has 1 saturated carbocycles. The minimum Gasteiger partial charge on any atom is -0.272 e. The molecular weight excluding hydrogens is 221 g/mol. The highest BCUT2D eigenvalue weighted by Crippen LogP contribution is 2.38. The van der Waals surface area contributed by atoms with Crippen molar-refractivity contribution in [2.75, 3.05) is 0 Å². The van der Waals surface area contributed by atoms with Crippen LogP contribution < -0.4 is 0 Å². The molecule has 0 aromatic heterocycles. The lowest BCUT2D eigenvalue weighted by Crippen LogP contribution is -2.35. The Labute approximate surface area is 91.3 Å². The molecule has 0 saturated heterocycles. The number of hydrogen-bond donors (Lipinski definition) is 0. The molecule has 16 heavy (non-hydrogen) atoms. The fourth-order valence-electron chi connectivity index (χ4n) is 1.94. The number of nitrogens with zero attached hydrogens (tertiary/aromatic N) is 2. The van der Waals surface area contributed by atoms with Crippen molar-refractivity contribution in [3.8, 4) is 0 Å². The molecule has 0 bridgehead atoms. The summed E-state index contributed by atoms with van der Waals surface area (Å²) < 4.78 is 37.6. The topological polar surface area (TPSA) is 32.7 Å². The van der Waals surface area contributed by atoms with Crippen molar-refractivity contribution < 1.29 is 18.0 Å². The van der Waals surface area contributed by atoms with Crippen LogP contribution >= 0.6 is 0 Å². The molecule has 0 aromatic rings. The number of carbonyl (C=O) groups is 1. The second-order valence-corrected chi connectivity index (χ2v) is 4.47. The van der Waals surface area contributed by atoms with E-state index in [9.17, 15) is 18.0 Å². The summed E-state index contributed by atoms with van der Waals surface area (Å²) in [6.07, 6.45) is -2.57. The quantitative estimate of drug-likeness (QED) is 0.720. The van der Waals surface area contributed by atoms with Gasteiger partial charge < -0.3 is 0 Å². The van der Waals surface area contributed by atoms with Crippen molar-refractivity contribution in [3.63, 3.8) is 0 Å². The van der Waals surface area contributed by atoms with Gasteiger partial charge in [-0.05, 0) is 32.6 Å². The van der Waals surface area contributed by atoms with Gasteiger partial charge in [0.05, 0.1) is 12.0 Å². The van der Waals surface area contributed by atoms with Crippen LogP contribution in [-0.2, 0) is 4.79 Å². The number of hydrazone groups is 1. The summed E-state index contributed by atoms with van der Waals surface area (Å²) in [5.74, 6) is -1.39. The van der Waals surface area contributed by atoms with Gasteiger partial charge in [0.15, 0.2) is 5.71 Å². The lowest BCUT2D eigenvalue weighted by molar-refractivity contribution is -0.134. The summed E-state index contributed by atoms with van der Waals surface area (Å²) in [7, 11) is 0. The lowest BCUT2D eigenvalue weighted by atomic mass is 10.1. The third-order valence-corrected chi connectivity index (χ3v) is 3.20. The Bertz CT molecular complexity index is 346. The summed E-state index contributed by atoms with van der Waals surface area (Å²) in [5.41, 5.74) is -0.968. The summed E-state index contributed by atoms with van der Waals surface area (Å²) in [4.78, 5) is 11.6. The zero-order chi connectivity index (χ0) is 12.1. The monoisotopic (exact) mass is 234 g/mol. The molecule has 6 heteroatoms. The van der Waals surface area contributed by atoms with E-state index in [0.717, 1.165) is 17.9 Å². The van der Waals surface area contributed by atoms with E-state index >= 15 is 0 Å². The molecule has 0 spiro atoms. The highest BCUT2D eigenvalue weighted by Gasteiger charge is 2.50. The van der Waals surface area contributed by atoms with Crippen LogP contribution in [0.1, 0.15) is 26.7 Å². The smallest absolute Gasteiger partial charge is 0.272 e. The van der Waals surface area contributed by atoms with Crippen LogP contribution in [0.2, 0.25) is 0 Å². The number of halogens is 3. The minimum absolute atomic E-state index is 0.213. The van der Waals surface area contributed by atoms with Gasteiger partial charge in [-0.15, -0.1) is 0 Å². The van der Waals surface area contributed by atoms with Crippen molar-refractivity contribution in [1.29, 1.82) is 0 Å². The Morgan fingerprint density at radius 2 is 2.00 bits per heavy atom. The van der Waals surface area contributed by atoms with Gasteiger partial charge in [-0.2, -0.15) is 18.3 Å². The van der Waals surface area contributed by atoms with Crippen LogP contribution in [0, 0.1) is 11.8 Å². The maximum atomic E-state index is 12.5. The second-order valence-electron chi connectivity index (χ2n) is 4.47. The van der Waals surface area contributed by atoms with E-state index in [1.165, 1.54) is 6.92 Å². The molecule has 3 nitrogen and oxygen atoms in total. The van der Waals surface area contributed by atoms with Gasteiger partial charge in [0.1, 0.15) is 0 Å². The first-order valence-electron chi connectivity index (χ1n) is 5.31. The molecule has 90 valence electrons. The Kier molecular flexibility index (Phi) is 2.47. The third-order valence-electron chi connectivity index (χ3n) is 3.20. The highest BCUT2D eigenvalue weighted by atomic mass is 19.4. The van der Waals surface area contributed by atoms with E-state index in [1.807, 2.05) is 0 Å². The summed E-state index contributed by atoms with van der Waals surface area (Å²) in [6.45, 7) is 3.01. The van der Waals surface area contributed by atoms with Crippen LogP contribution in [0.3, 0.4) is 0 Å². The van der Waals surface area contributed by atoms with Crippen molar-refractivity contribution in [2.24, 2.45) is 16.9 Å². The average molecular weight is 234 g/mol. The molecule has 1 fully saturated rings. The first-order valence-corrected chi connectivity index (χ1v) is 5.31. The summed E-state index contributed by atoms with van der Waals surface area (Å²) in [5, 5.41) is 4.48. The van der Waals surface area contributed by atoms with Gasteiger partial charge in [0.2, 0.25) is 0 Å². The first-order chi connectivity index (χ1) is 7.32. The average Bonchev–Trinajstić information content (AvgIpc) is 2.94. The van der Waals surface area contributed by atoms with Gasteiger partial charge in [-0.1, -0.05) is 0 Å². The molecule has 0 radical (unpaired) electrons. The van der Waals surface area contributed by atoms with Gasteiger partial charge in [0.25, 0.3) is 5.91 Å². The van der Waals surface area contributed by atoms with Crippen LogP contribution in [-0.4, -0.2) is 28.8 Å². The third kappa shape index (κ3) is 1.81. The fourth-order valence-corrected chi connectivity index (χ4v) is 1.94. The Hall–Kier alpha value is -1.07. The molecule has 2 aliphatic rings. The van der Waals surface area contributed by atoms with E-state index in [0.29, 0.717) is 5.92 Å². The Morgan fingerprint density at radius 1 is 1.44 bits per heavy atom. The number of carbonyl (C=O) groups excluding carboxylic acids is 1. The van der Waals surface area contributed by atoms with Crippen molar-refractivity contribution >= 4 is 11.6 Å². The highest BCUT2D eigenvalue weighted by molar-refractivity contribution is 6.10. The molecule has 0 N–H and O–H groups in total. The summed E-state index contributed by atoms with van der Waals surface area (Å²) in [6, 6.07) is -0.213. The van der Waals surface area contributed by atoms with E-state index in [4.69, 9.17) is 0 Å². The van der Waals surface area contributed by atoms with E-state index in [1.54, 1.807) is 6.92 Å². The van der Waals surface area contributed by atoms with Crippen LogP contribution in [0.25, 0.3) is 0 Å². The fraction of sp³-hybridized carbons (Fsp3) is 0.800.